The molecule has 0 aliphatic carbocycles. The minimum absolute atomic E-state index is 0.0835. The predicted octanol–water partition coefficient (Wildman–Crippen LogP) is 3.67. The summed E-state index contributed by atoms with van der Waals surface area (Å²) in [5, 5.41) is 2.93. The zero-order valence-electron chi connectivity index (χ0n) is 15.7. The number of carbonyl (C=O) groups excluding carboxylic acids is 1. The number of carbonyl (C=O) groups is 1. The Balaban J connectivity index is 1.89. The molecule has 3 rings (SSSR count). The Morgan fingerprint density at radius 2 is 1.67 bits per heavy atom. The highest BCUT2D eigenvalue weighted by Crippen LogP contribution is 2.34. The molecule has 1 aromatic carbocycles. The number of nitrogens with two attached hydrogens (primary N) is 1. The molecule has 1 amide bonds. The van der Waals surface area contributed by atoms with Crippen LogP contribution in [0.4, 0.5) is 11.8 Å². The van der Waals surface area contributed by atoms with E-state index in [-0.39, 0.29) is 17.8 Å². The van der Waals surface area contributed by atoms with Gasteiger partial charge < -0.3 is 11.1 Å². The van der Waals surface area contributed by atoms with Crippen LogP contribution in [0.2, 0.25) is 0 Å². The van der Waals surface area contributed by atoms with Crippen LogP contribution in [0.5, 0.6) is 0 Å². The quantitative estimate of drug-likeness (QED) is 0.723. The van der Waals surface area contributed by atoms with E-state index < -0.39 is 5.41 Å². The van der Waals surface area contributed by atoms with Crippen molar-refractivity contribution in [2.75, 3.05) is 11.1 Å². The molecule has 3 aromatic rings. The molecule has 1 atom stereocenters. The third kappa shape index (κ3) is 3.79. The number of nitrogens with one attached hydrogen (secondary N) is 1. The van der Waals surface area contributed by atoms with Gasteiger partial charge in [-0.15, -0.1) is 0 Å². The molecule has 27 heavy (non-hydrogen) atoms. The van der Waals surface area contributed by atoms with Crippen molar-refractivity contribution >= 4 is 17.7 Å². The van der Waals surface area contributed by atoms with Gasteiger partial charge in [0.05, 0.1) is 5.41 Å². The second-order valence-corrected chi connectivity index (χ2v) is 6.93. The smallest absolute Gasteiger partial charge is 0.236 e. The van der Waals surface area contributed by atoms with Crippen LogP contribution in [0.25, 0.3) is 11.1 Å². The zero-order valence-corrected chi connectivity index (χ0v) is 15.7. The number of hydrogen-bond donors (Lipinski definition) is 2. The van der Waals surface area contributed by atoms with Crippen molar-refractivity contribution in [1.29, 1.82) is 0 Å². The SMILES string of the molecule is CC(C)C(C)(C(=O)Nc1ccccn1)c1ccc(-c2cnc(N)nc2)cc1. The Morgan fingerprint density at radius 1 is 1.00 bits per heavy atom. The number of aromatic nitrogens is 3. The largest absolute Gasteiger partial charge is 0.368 e. The minimum Gasteiger partial charge on any atom is -0.368 e. The second kappa shape index (κ2) is 7.53. The van der Waals surface area contributed by atoms with E-state index in [1.165, 1.54) is 0 Å². The maximum Gasteiger partial charge on any atom is 0.236 e. The maximum atomic E-state index is 13.1. The predicted molar refractivity (Wildman–Crippen MR) is 107 cm³/mol. The molecule has 2 aromatic heterocycles. The summed E-state index contributed by atoms with van der Waals surface area (Å²) in [7, 11) is 0. The molecule has 0 radical (unpaired) electrons. The summed E-state index contributed by atoms with van der Waals surface area (Å²) in [6.07, 6.45) is 5.03. The first kappa shape index (κ1) is 18.5. The van der Waals surface area contributed by atoms with Crippen molar-refractivity contribution in [2.45, 2.75) is 26.2 Å². The highest BCUT2D eigenvalue weighted by atomic mass is 16.2. The van der Waals surface area contributed by atoms with E-state index in [0.717, 1.165) is 16.7 Å². The number of anilines is 2. The maximum absolute atomic E-state index is 13.1. The number of nitrogens with zero attached hydrogens (tertiary/aromatic N) is 3. The summed E-state index contributed by atoms with van der Waals surface area (Å²) in [5.41, 5.74) is 7.62. The molecular weight excluding hydrogens is 338 g/mol. The lowest BCUT2D eigenvalue weighted by Gasteiger charge is -2.33. The Labute approximate surface area is 158 Å². The summed E-state index contributed by atoms with van der Waals surface area (Å²) in [5.74, 6) is 0.797. The molecule has 3 N–H and O–H groups in total. The molecule has 6 heteroatoms. The van der Waals surface area contributed by atoms with E-state index in [1.807, 2.05) is 57.2 Å². The number of amides is 1. The van der Waals surface area contributed by atoms with Crippen LogP contribution in [0.3, 0.4) is 0 Å². The molecule has 0 saturated heterocycles. The number of rotatable bonds is 5. The topological polar surface area (TPSA) is 93.8 Å². The summed E-state index contributed by atoms with van der Waals surface area (Å²) < 4.78 is 0. The van der Waals surface area contributed by atoms with Crippen LogP contribution in [0.15, 0.2) is 61.1 Å². The van der Waals surface area contributed by atoms with E-state index in [9.17, 15) is 4.79 Å². The van der Waals surface area contributed by atoms with Gasteiger partial charge >= 0.3 is 0 Å². The van der Waals surface area contributed by atoms with Crippen molar-refractivity contribution < 1.29 is 4.79 Å². The van der Waals surface area contributed by atoms with E-state index >= 15 is 0 Å². The van der Waals surface area contributed by atoms with Gasteiger partial charge in [-0.25, -0.2) is 15.0 Å². The Morgan fingerprint density at radius 3 is 2.22 bits per heavy atom. The van der Waals surface area contributed by atoms with Gasteiger partial charge in [-0.3, -0.25) is 4.79 Å². The molecule has 138 valence electrons. The first-order chi connectivity index (χ1) is 12.9. The van der Waals surface area contributed by atoms with E-state index in [0.29, 0.717) is 5.82 Å². The molecule has 0 fully saturated rings. The van der Waals surface area contributed by atoms with Gasteiger partial charge in [0.2, 0.25) is 11.9 Å². The highest BCUT2D eigenvalue weighted by Gasteiger charge is 2.38. The Kier molecular flexibility index (Phi) is 5.16. The van der Waals surface area contributed by atoms with Crippen molar-refractivity contribution in [3.8, 4) is 11.1 Å². The Hall–Kier alpha value is -3.28. The van der Waals surface area contributed by atoms with Gasteiger partial charge in [-0.2, -0.15) is 0 Å². The monoisotopic (exact) mass is 361 g/mol. The van der Waals surface area contributed by atoms with Crippen molar-refractivity contribution in [3.05, 3.63) is 66.6 Å². The first-order valence-electron chi connectivity index (χ1n) is 8.82. The first-order valence-corrected chi connectivity index (χ1v) is 8.82. The van der Waals surface area contributed by atoms with E-state index in [4.69, 9.17) is 5.73 Å². The van der Waals surface area contributed by atoms with Crippen molar-refractivity contribution in [1.82, 2.24) is 15.0 Å². The second-order valence-electron chi connectivity index (χ2n) is 6.93. The van der Waals surface area contributed by atoms with Crippen LogP contribution < -0.4 is 11.1 Å². The summed E-state index contributed by atoms with van der Waals surface area (Å²) in [6, 6.07) is 13.3. The fourth-order valence-electron chi connectivity index (χ4n) is 2.91. The lowest BCUT2D eigenvalue weighted by molar-refractivity contribution is -0.122. The fourth-order valence-corrected chi connectivity index (χ4v) is 2.91. The zero-order chi connectivity index (χ0) is 19.4. The molecular formula is C21H23N5O. The van der Waals surface area contributed by atoms with Gasteiger partial charge in [0.25, 0.3) is 0 Å². The van der Waals surface area contributed by atoms with Gasteiger partial charge in [0, 0.05) is 24.2 Å². The average molecular weight is 361 g/mol. The minimum atomic E-state index is -0.701. The van der Waals surface area contributed by atoms with Gasteiger partial charge in [-0.1, -0.05) is 44.2 Å². The average Bonchev–Trinajstić information content (AvgIpc) is 2.68. The molecule has 6 nitrogen and oxygen atoms in total. The lowest BCUT2D eigenvalue weighted by atomic mass is 9.72. The highest BCUT2D eigenvalue weighted by molar-refractivity contribution is 5.98. The van der Waals surface area contributed by atoms with Crippen LogP contribution in [0.1, 0.15) is 26.3 Å². The molecule has 0 spiro atoms. The number of pyridine rings is 1. The standard InChI is InChI=1S/C21H23N5O/c1-14(2)21(3,19(27)26-18-6-4-5-11-23-18)17-9-7-15(8-10-17)16-12-24-20(22)25-13-16/h4-14H,1-3H3,(H2,22,24,25)(H,23,26,27). The van der Waals surface area contributed by atoms with Crippen LogP contribution in [0, 0.1) is 5.92 Å². The van der Waals surface area contributed by atoms with Crippen molar-refractivity contribution in [3.63, 3.8) is 0 Å². The summed E-state index contributed by atoms with van der Waals surface area (Å²) >= 11 is 0. The number of benzene rings is 1. The van der Waals surface area contributed by atoms with Crippen LogP contribution in [-0.2, 0) is 10.2 Å². The Bertz CT molecular complexity index is 908. The third-order valence-corrected chi connectivity index (χ3v) is 5.02. The lowest BCUT2D eigenvalue weighted by Crippen LogP contribution is -2.42. The molecule has 0 bridgehead atoms. The molecule has 1 unspecified atom stereocenters. The van der Waals surface area contributed by atoms with Crippen LogP contribution >= 0.6 is 0 Å². The summed E-state index contributed by atoms with van der Waals surface area (Å²) in [4.78, 5) is 25.3. The van der Waals surface area contributed by atoms with E-state index in [2.05, 4.69) is 20.3 Å². The van der Waals surface area contributed by atoms with Crippen molar-refractivity contribution in [2.24, 2.45) is 5.92 Å². The van der Waals surface area contributed by atoms with Gasteiger partial charge in [0.1, 0.15) is 5.82 Å². The van der Waals surface area contributed by atoms with Crippen LogP contribution in [-0.4, -0.2) is 20.9 Å². The number of hydrogen-bond acceptors (Lipinski definition) is 5. The normalized spacial score (nSPS) is 13.2. The van der Waals surface area contributed by atoms with E-state index in [1.54, 1.807) is 24.7 Å². The fraction of sp³-hybridized carbons (Fsp3) is 0.238. The molecule has 2 heterocycles. The summed E-state index contributed by atoms with van der Waals surface area (Å²) in [6.45, 7) is 6.04. The number of nitrogen functional groups attached to an aromatic ring is 1. The van der Waals surface area contributed by atoms with Gasteiger partial charge in [0.15, 0.2) is 0 Å². The van der Waals surface area contributed by atoms with Gasteiger partial charge in [-0.05, 0) is 36.1 Å². The molecule has 0 aliphatic heterocycles. The molecule has 0 aliphatic rings. The third-order valence-electron chi connectivity index (χ3n) is 5.02. The molecule has 0 saturated carbocycles.